The van der Waals surface area contributed by atoms with E-state index in [1.165, 1.54) is 6.08 Å². The molecule has 268 valence electrons. The largest absolute Gasteiger partial charge is 0.462 e. The molecule has 0 aromatic heterocycles. The Labute approximate surface area is 278 Å². The zero-order valence-electron chi connectivity index (χ0n) is 28.9. The van der Waals surface area contributed by atoms with Crippen molar-refractivity contribution in [1.82, 2.24) is 10.2 Å². The van der Waals surface area contributed by atoms with Crippen LogP contribution in [-0.4, -0.2) is 126 Å². The topological polar surface area (TPSA) is 207 Å². The summed E-state index contributed by atoms with van der Waals surface area (Å²) in [6.07, 6.45) is -0.838. The summed E-state index contributed by atoms with van der Waals surface area (Å²) in [6, 6.07) is -0.696. The minimum Gasteiger partial charge on any atom is -0.462 e. The Morgan fingerprint density at radius 3 is 2.45 bits per heavy atom. The predicted octanol–water partition coefficient (Wildman–Crippen LogP) is 2.10. The third kappa shape index (κ3) is 12.2. The van der Waals surface area contributed by atoms with E-state index in [9.17, 15) is 30.0 Å². The average Bonchev–Trinajstić information content (AvgIpc) is 3.02. The summed E-state index contributed by atoms with van der Waals surface area (Å²) in [5.41, 5.74) is 9.33. The Morgan fingerprint density at radius 1 is 1.13 bits per heavy atom. The maximum atomic E-state index is 13.4. The molecule has 47 heavy (non-hydrogen) atoms. The van der Waals surface area contributed by atoms with Crippen LogP contribution in [0.4, 0.5) is 0 Å². The summed E-state index contributed by atoms with van der Waals surface area (Å²) in [5, 5.41) is 50.4. The van der Waals surface area contributed by atoms with Gasteiger partial charge in [0.15, 0.2) is 12.1 Å². The molecule has 0 radical (unpaired) electrons. The van der Waals surface area contributed by atoms with Crippen molar-refractivity contribution in [2.24, 2.45) is 28.8 Å². The lowest BCUT2D eigenvalue weighted by Crippen LogP contribution is -2.63. The first-order valence-corrected chi connectivity index (χ1v) is 16.7. The van der Waals surface area contributed by atoms with Crippen LogP contribution in [0.2, 0.25) is 0 Å². The van der Waals surface area contributed by atoms with E-state index >= 15 is 0 Å². The van der Waals surface area contributed by atoms with Crippen LogP contribution in [-0.2, 0) is 23.8 Å². The molecule has 12 atom stereocenters. The molecule has 0 saturated carbocycles. The van der Waals surface area contributed by atoms with Gasteiger partial charge in [-0.3, -0.25) is 9.59 Å². The number of likely N-dealkylation sites (N-methyl/N-ethyl adjacent to an activating group) is 1. The first-order valence-electron chi connectivity index (χ1n) is 16.7. The number of esters is 1. The van der Waals surface area contributed by atoms with Crippen molar-refractivity contribution >= 4 is 11.8 Å². The number of nitrogens with zero attached hydrogens (tertiary/aromatic N) is 4. The molecule has 0 bridgehead atoms. The van der Waals surface area contributed by atoms with Gasteiger partial charge in [0.25, 0.3) is 0 Å². The molecular weight excluding hydrogens is 610 g/mol. The van der Waals surface area contributed by atoms with Crippen molar-refractivity contribution in [1.29, 1.82) is 0 Å². The van der Waals surface area contributed by atoms with Gasteiger partial charge in [0.1, 0.15) is 12.2 Å². The highest BCUT2D eigenvalue weighted by Crippen LogP contribution is 2.34. The summed E-state index contributed by atoms with van der Waals surface area (Å²) in [6.45, 7) is 9.81. The second-order valence-electron chi connectivity index (χ2n) is 13.2. The number of carbonyl (C=O) groups excluding carboxylic acids is 2. The molecular formula is C33H57N5O9. The predicted molar refractivity (Wildman–Crippen MR) is 176 cm³/mol. The van der Waals surface area contributed by atoms with Gasteiger partial charge in [0.05, 0.1) is 43.5 Å². The Bertz CT molecular complexity index is 1100. The lowest BCUT2D eigenvalue weighted by molar-refractivity contribution is -0.304. The molecule has 2 aliphatic heterocycles. The van der Waals surface area contributed by atoms with Gasteiger partial charge < -0.3 is 44.9 Å². The average molecular weight is 668 g/mol. The number of allylic oxidation sites excluding steroid dienone is 3. The number of azide groups is 1. The van der Waals surface area contributed by atoms with Crippen molar-refractivity contribution < 1.29 is 44.2 Å². The van der Waals surface area contributed by atoms with Crippen LogP contribution in [0.25, 0.3) is 10.4 Å². The quantitative estimate of drug-likeness (QED) is 0.0709. The van der Waals surface area contributed by atoms with Crippen molar-refractivity contribution in [2.75, 3.05) is 40.3 Å². The number of nitrogens with one attached hydrogen (secondary N) is 1. The van der Waals surface area contributed by atoms with Gasteiger partial charge >= 0.3 is 5.97 Å². The van der Waals surface area contributed by atoms with Crippen molar-refractivity contribution in [2.45, 2.75) is 109 Å². The lowest BCUT2D eigenvalue weighted by atomic mass is 9.79. The number of aliphatic hydroxyl groups excluding tert-OH is 4. The zero-order valence-corrected chi connectivity index (χ0v) is 28.9. The highest BCUT2D eigenvalue weighted by Gasteiger charge is 2.47. The third-order valence-corrected chi connectivity index (χ3v) is 9.31. The van der Waals surface area contributed by atoms with Gasteiger partial charge in [-0.05, 0) is 71.3 Å². The monoisotopic (exact) mass is 667 g/mol. The van der Waals surface area contributed by atoms with Gasteiger partial charge in [-0.15, -0.1) is 0 Å². The van der Waals surface area contributed by atoms with Crippen LogP contribution in [0.1, 0.15) is 60.3 Å². The highest BCUT2D eigenvalue weighted by atomic mass is 16.7. The van der Waals surface area contributed by atoms with Gasteiger partial charge in [-0.25, -0.2) is 0 Å². The van der Waals surface area contributed by atoms with Gasteiger partial charge in [-0.2, -0.15) is 0 Å². The molecule has 0 unspecified atom stereocenters. The smallest absolute Gasteiger partial charge is 0.308 e. The second kappa shape index (κ2) is 20.2. The van der Waals surface area contributed by atoms with E-state index in [0.717, 1.165) is 5.57 Å². The summed E-state index contributed by atoms with van der Waals surface area (Å²) in [4.78, 5) is 31.0. The summed E-state index contributed by atoms with van der Waals surface area (Å²) >= 11 is 0. The number of aliphatic hydroxyl groups is 4. The Hall–Kier alpha value is -2.39. The molecule has 0 aromatic carbocycles. The fourth-order valence-corrected chi connectivity index (χ4v) is 6.44. The molecule has 14 nitrogen and oxygen atoms in total. The summed E-state index contributed by atoms with van der Waals surface area (Å²) < 4.78 is 18.3. The molecule has 0 aliphatic carbocycles. The van der Waals surface area contributed by atoms with E-state index < -0.39 is 72.7 Å². The highest BCUT2D eigenvalue weighted by molar-refractivity contribution is 5.91. The molecule has 0 aromatic rings. The van der Waals surface area contributed by atoms with Crippen LogP contribution < -0.4 is 5.32 Å². The molecule has 0 spiro atoms. The van der Waals surface area contributed by atoms with E-state index in [4.69, 9.17) is 19.7 Å². The zero-order chi connectivity index (χ0) is 35.3. The van der Waals surface area contributed by atoms with Crippen LogP contribution in [0.15, 0.2) is 28.9 Å². The molecule has 2 aliphatic rings. The van der Waals surface area contributed by atoms with Crippen LogP contribution in [0, 0.1) is 23.7 Å². The molecule has 14 heteroatoms. The minimum absolute atomic E-state index is 0.115. The molecule has 2 heterocycles. The fraction of sp³-hybridized carbons (Fsp3) is 0.818. The Balaban J connectivity index is 2.55. The number of carbonyl (C=O) groups is 2. The normalized spacial score (nSPS) is 38.3. The number of ether oxygens (including phenoxy) is 3. The maximum absolute atomic E-state index is 13.4. The van der Waals surface area contributed by atoms with E-state index in [-0.39, 0.29) is 31.3 Å². The fourth-order valence-electron chi connectivity index (χ4n) is 6.44. The first kappa shape index (κ1) is 40.8. The van der Waals surface area contributed by atoms with E-state index in [1.54, 1.807) is 45.0 Å². The van der Waals surface area contributed by atoms with Crippen molar-refractivity contribution in [3.05, 3.63) is 34.2 Å². The SMILES string of the molecule is CC[C@H]1OC(=O)C[C@@H](O)[C@H](C)[C@@H](O[C@H]2O[C@@H](C)[C@H](O)[C@@H](N(C)C)[C@@H]2O)[C@@H](CCNCCN=[N+]=[N-])C[C@@H](C)C(=O)/C=C/C(C)=C/[C@@H]1CO. The lowest BCUT2D eigenvalue weighted by Gasteiger charge is -2.46. The van der Waals surface area contributed by atoms with Crippen LogP contribution in [0.3, 0.4) is 0 Å². The Kier molecular flexibility index (Phi) is 17.5. The van der Waals surface area contributed by atoms with Gasteiger partial charge in [0, 0.05) is 35.8 Å². The first-order chi connectivity index (χ1) is 22.2. The molecule has 1 saturated heterocycles. The summed E-state index contributed by atoms with van der Waals surface area (Å²) in [5.74, 6) is -2.74. The third-order valence-electron chi connectivity index (χ3n) is 9.31. The number of hydrogen-bond donors (Lipinski definition) is 5. The molecule has 0 amide bonds. The number of hydrogen-bond acceptors (Lipinski definition) is 12. The number of rotatable bonds is 11. The van der Waals surface area contributed by atoms with Gasteiger partial charge in [-0.1, -0.05) is 43.6 Å². The minimum atomic E-state index is -1.24. The summed E-state index contributed by atoms with van der Waals surface area (Å²) in [7, 11) is 3.48. The number of cyclic esters (lactones) is 1. The maximum Gasteiger partial charge on any atom is 0.308 e. The Morgan fingerprint density at radius 2 is 1.83 bits per heavy atom. The standard InChI is InChI=1S/C33H57N5O9/c1-8-27-24(18-39)15-19(2)9-10-25(40)20(3)16-23(11-12-35-13-14-36-37-34)32(21(4)26(41)17-28(42)46-27)47-33-31(44)29(38(6)7)30(43)22(5)45-33/h9-10,15,20-24,26-27,29-33,35,39,41,43-44H,8,11-14,16-18H2,1-7H3/b10-9+,19-15+/t20-,21+,22+,23+,24-,26-,27-,29-,30+,31+,32-,33-/m1/s1. The van der Waals surface area contributed by atoms with E-state index in [1.807, 2.05) is 20.8 Å². The van der Waals surface area contributed by atoms with Gasteiger partial charge in [0.2, 0.25) is 0 Å². The molecule has 5 N–H and O–H groups in total. The van der Waals surface area contributed by atoms with Crippen LogP contribution >= 0.6 is 0 Å². The molecule has 2 rings (SSSR count). The second-order valence-corrected chi connectivity index (χ2v) is 13.2. The molecule has 1 fully saturated rings. The van der Waals surface area contributed by atoms with E-state index in [0.29, 0.717) is 32.4 Å². The van der Waals surface area contributed by atoms with Crippen molar-refractivity contribution in [3.8, 4) is 0 Å². The van der Waals surface area contributed by atoms with E-state index in [2.05, 4.69) is 15.3 Å². The number of ketones is 1. The van der Waals surface area contributed by atoms with Crippen LogP contribution in [0.5, 0.6) is 0 Å². The van der Waals surface area contributed by atoms with Crippen molar-refractivity contribution in [3.63, 3.8) is 0 Å².